The van der Waals surface area contributed by atoms with Gasteiger partial charge in [-0.3, -0.25) is 19.9 Å². The number of aromatic nitrogens is 3. The molecule has 3 aromatic carbocycles. The molecule has 0 saturated heterocycles. The Balaban J connectivity index is 1.46. The molecule has 1 amide bonds. The van der Waals surface area contributed by atoms with Crippen LogP contribution in [0.2, 0.25) is 0 Å². The van der Waals surface area contributed by atoms with E-state index in [0.717, 1.165) is 5.56 Å². The highest BCUT2D eigenvalue weighted by Crippen LogP contribution is 2.31. The third-order valence-electron chi connectivity index (χ3n) is 5.11. The van der Waals surface area contributed by atoms with Crippen LogP contribution in [0.3, 0.4) is 0 Å². The van der Waals surface area contributed by atoms with Crippen molar-refractivity contribution in [2.45, 2.75) is 11.8 Å². The summed E-state index contributed by atoms with van der Waals surface area (Å²) in [6.45, 7) is 1.91. The van der Waals surface area contributed by atoms with Crippen molar-refractivity contribution in [2.75, 3.05) is 24.3 Å². The first-order chi connectivity index (χ1) is 16.8. The van der Waals surface area contributed by atoms with Crippen LogP contribution in [-0.2, 0) is 10.0 Å². The zero-order valence-corrected chi connectivity index (χ0v) is 20.0. The number of nitrogens with zero attached hydrogens (tertiary/aromatic N) is 2. The van der Waals surface area contributed by atoms with Crippen molar-refractivity contribution in [3.05, 3.63) is 77.9 Å². The van der Waals surface area contributed by atoms with Crippen LogP contribution in [0.5, 0.6) is 11.5 Å². The molecule has 0 unspecified atom stereocenters. The smallest absolute Gasteiger partial charge is 0.261 e. The van der Waals surface area contributed by atoms with Crippen molar-refractivity contribution in [3.63, 3.8) is 0 Å². The standard InChI is InChI=1S/C24H23N5O5S/c1-15-4-8-17(9-5-15)29-35(31,32)19-11-6-16(7-12-19)23(30)26-24-25-22(27-28-24)20-13-10-18(33-2)14-21(20)34-3/h4-14,29H,1-3H3,(H2,25,26,27,28,30). The Morgan fingerprint density at radius 1 is 0.943 bits per heavy atom. The fourth-order valence-electron chi connectivity index (χ4n) is 3.23. The molecule has 1 aromatic heterocycles. The predicted molar refractivity (Wildman–Crippen MR) is 131 cm³/mol. The number of sulfonamides is 1. The fourth-order valence-corrected chi connectivity index (χ4v) is 4.29. The summed E-state index contributed by atoms with van der Waals surface area (Å²) in [5.74, 6) is 1.10. The van der Waals surface area contributed by atoms with E-state index in [4.69, 9.17) is 9.47 Å². The highest BCUT2D eigenvalue weighted by molar-refractivity contribution is 7.92. The molecule has 4 rings (SSSR count). The summed E-state index contributed by atoms with van der Waals surface area (Å²) in [7, 11) is -0.719. The van der Waals surface area contributed by atoms with Crippen LogP contribution in [0.15, 0.2) is 71.6 Å². The minimum atomic E-state index is -3.80. The zero-order chi connectivity index (χ0) is 25.0. The van der Waals surface area contributed by atoms with Crippen LogP contribution in [0.4, 0.5) is 11.6 Å². The quantitative estimate of drug-likeness (QED) is 0.339. The van der Waals surface area contributed by atoms with Gasteiger partial charge >= 0.3 is 0 Å². The first-order valence-electron chi connectivity index (χ1n) is 10.4. The molecule has 0 saturated carbocycles. The van der Waals surface area contributed by atoms with E-state index in [-0.39, 0.29) is 16.4 Å². The van der Waals surface area contributed by atoms with E-state index < -0.39 is 15.9 Å². The van der Waals surface area contributed by atoms with Crippen LogP contribution >= 0.6 is 0 Å². The monoisotopic (exact) mass is 493 g/mol. The molecule has 0 atom stereocenters. The molecule has 35 heavy (non-hydrogen) atoms. The van der Waals surface area contributed by atoms with Crippen molar-refractivity contribution in [2.24, 2.45) is 0 Å². The number of hydrogen-bond donors (Lipinski definition) is 3. The highest BCUT2D eigenvalue weighted by atomic mass is 32.2. The Labute approximate surface area is 202 Å². The van der Waals surface area contributed by atoms with Crippen molar-refractivity contribution >= 4 is 27.6 Å². The van der Waals surface area contributed by atoms with Gasteiger partial charge in [-0.25, -0.2) is 8.42 Å². The van der Waals surface area contributed by atoms with E-state index in [1.165, 1.54) is 31.4 Å². The van der Waals surface area contributed by atoms with Gasteiger partial charge in [-0.15, -0.1) is 5.10 Å². The molecule has 0 radical (unpaired) electrons. The lowest BCUT2D eigenvalue weighted by molar-refractivity contribution is 0.102. The Bertz CT molecular complexity index is 1450. The van der Waals surface area contributed by atoms with Gasteiger partial charge < -0.3 is 9.47 Å². The molecule has 3 N–H and O–H groups in total. The van der Waals surface area contributed by atoms with Crippen molar-refractivity contribution in [1.29, 1.82) is 0 Å². The summed E-state index contributed by atoms with van der Waals surface area (Å²) in [5.41, 5.74) is 2.35. The van der Waals surface area contributed by atoms with Gasteiger partial charge in [-0.1, -0.05) is 17.7 Å². The number of carbonyl (C=O) groups excluding carboxylic acids is 1. The van der Waals surface area contributed by atoms with Crippen molar-refractivity contribution in [1.82, 2.24) is 15.2 Å². The number of carbonyl (C=O) groups is 1. The summed E-state index contributed by atoms with van der Waals surface area (Å²) >= 11 is 0. The molecule has 11 heteroatoms. The molecular weight excluding hydrogens is 470 g/mol. The second-order valence-corrected chi connectivity index (χ2v) is 9.21. The molecule has 0 aliphatic heterocycles. The third-order valence-corrected chi connectivity index (χ3v) is 6.50. The van der Waals surface area contributed by atoms with Gasteiger partial charge in [-0.05, 0) is 55.5 Å². The summed E-state index contributed by atoms with van der Waals surface area (Å²) in [6.07, 6.45) is 0. The van der Waals surface area contributed by atoms with Crippen LogP contribution in [0.25, 0.3) is 11.4 Å². The van der Waals surface area contributed by atoms with Crippen LogP contribution in [0.1, 0.15) is 15.9 Å². The number of benzene rings is 3. The number of nitrogens with one attached hydrogen (secondary N) is 3. The zero-order valence-electron chi connectivity index (χ0n) is 19.2. The summed E-state index contributed by atoms with van der Waals surface area (Å²) in [5, 5.41) is 9.38. The van der Waals surface area contributed by atoms with Gasteiger partial charge in [0, 0.05) is 17.3 Å². The Kier molecular flexibility index (Phi) is 6.69. The number of aryl methyl sites for hydroxylation is 1. The van der Waals surface area contributed by atoms with E-state index in [9.17, 15) is 13.2 Å². The highest BCUT2D eigenvalue weighted by Gasteiger charge is 2.17. The Hall–Kier alpha value is -4.38. The maximum atomic E-state index is 12.6. The first-order valence-corrected chi connectivity index (χ1v) is 11.9. The first kappa shape index (κ1) is 23.8. The molecule has 0 spiro atoms. The lowest BCUT2D eigenvalue weighted by Crippen LogP contribution is -2.15. The van der Waals surface area contributed by atoms with E-state index in [0.29, 0.717) is 28.6 Å². The SMILES string of the molecule is COc1ccc(-c2nc(NC(=O)c3ccc(S(=O)(=O)Nc4ccc(C)cc4)cc3)n[nH]2)c(OC)c1. The number of amides is 1. The van der Waals surface area contributed by atoms with E-state index >= 15 is 0 Å². The normalized spacial score (nSPS) is 11.1. The molecule has 0 fully saturated rings. The van der Waals surface area contributed by atoms with Crippen LogP contribution < -0.4 is 19.5 Å². The largest absolute Gasteiger partial charge is 0.497 e. The summed E-state index contributed by atoms with van der Waals surface area (Å²) in [4.78, 5) is 17.0. The molecule has 1 heterocycles. The maximum Gasteiger partial charge on any atom is 0.261 e. The number of aromatic amines is 1. The lowest BCUT2D eigenvalue weighted by Gasteiger charge is -2.09. The number of hydrogen-bond acceptors (Lipinski definition) is 7. The van der Waals surface area contributed by atoms with Gasteiger partial charge in [0.05, 0.1) is 24.7 Å². The average Bonchev–Trinajstić information content (AvgIpc) is 3.33. The molecule has 4 aromatic rings. The second kappa shape index (κ2) is 9.85. The summed E-state index contributed by atoms with van der Waals surface area (Å²) in [6, 6.07) is 17.7. The lowest BCUT2D eigenvalue weighted by atomic mass is 10.2. The van der Waals surface area contributed by atoms with Crippen LogP contribution in [0, 0.1) is 6.92 Å². The topological polar surface area (TPSA) is 135 Å². The van der Waals surface area contributed by atoms with E-state index in [2.05, 4.69) is 25.2 Å². The molecule has 0 aliphatic rings. The third kappa shape index (κ3) is 5.41. The number of anilines is 2. The maximum absolute atomic E-state index is 12.6. The van der Waals surface area contributed by atoms with Crippen molar-refractivity contribution in [3.8, 4) is 22.9 Å². The fraction of sp³-hybridized carbons (Fsp3) is 0.125. The minimum Gasteiger partial charge on any atom is -0.497 e. The number of methoxy groups -OCH3 is 2. The van der Waals surface area contributed by atoms with Crippen molar-refractivity contribution < 1.29 is 22.7 Å². The Morgan fingerprint density at radius 2 is 1.66 bits per heavy atom. The summed E-state index contributed by atoms with van der Waals surface area (Å²) < 4.78 is 38.4. The van der Waals surface area contributed by atoms with E-state index in [1.54, 1.807) is 37.4 Å². The van der Waals surface area contributed by atoms with Gasteiger partial charge in [0.1, 0.15) is 11.5 Å². The molecule has 180 valence electrons. The van der Waals surface area contributed by atoms with Crippen LogP contribution in [-0.4, -0.2) is 43.7 Å². The molecular formula is C24H23N5O5S. The van der Waals surface area contributed by atoms with E-state index in [1.807, 2.05) is 19.1 Å². The molecule has 0 aliphatic carbocycles. The molecule has 0 bridgehead atoms. The van der Waals surface area contributed by atoms with Gasteiger partial charge in [0.25, 0.3) is 15.9 Å². The van der Waals surface area contributed by atoms with Gasteiger partial charge in [0.15, 0.2) is 5.82 Å². The molecule has 10 nitrogen and oxygen atoms in total. The predicted octanol–water partition coefficient (Wildman–Crippen LogP) is 3.85. The average molecular weight is 494 g/mol. The number of ether oxygens (including phenoxy) is 2. The van der Waals surface area contributed by atoms with Gasteiger partial charge in [-0.2, -0.15) is 4.98 Å². The number of H-pyrrole nitrogens is 1. The van der Waals surface area contributed by atoms with Gasteiger partial charge in [0.2, 0.25) is 5.95 Å². The number of rotatable bonds is 8. The Morgan fingerprint density at radius 3 is 2.31 bits per heavy atom. The minimum absolute atomic E-state index is 0.0291. The second-order valence-electron chi connectivity index (χ2n) is 7.52.